The van der Waals surface area contributed by atoms with Crippen LogP contribution in [0.5, 0.6) is 0 Å². The lowest BCUT2D eigenvalue weighted by molar-refractivity contribution is -0.148. The third-order valence-electron chi connectivity index (χ3n) is 7.99. The number of hydrogen-bond donors (Lipinski definition) is 2. The molecule has 4 rings (SSSR count). The molecule has 30 heavy (non-hydrogen) atoms. The number of amides is 1. The first-order valence-electron chi connectivity index (χ1n) is 12.4. The van der Waals surface area contributed by atoms with Gasteiger partial charge in [0, 0.05) is 31.6 Å². The van der Waals surface area contributed by atoms with Gasteiger partial charge in [0.15, 0.2) is 5.60 Å². The summed E-state index contributed by atoms with van der Waals surface area (Å²) >= 11 is 0. The van der Waals surface area contributed by atoms with Crippen LogP contribution in [0.2, 0.25) is 0 Å². The largest absolute Gasteiger partial charge is 0.375 e. The molecule has 0 radical (unpaired) electrons. The molecule has 2 aliphatic carbocycles. The van der Waals surface area contributed by atoms with Crippen molar-refractivity contribution in [3.05, 3.63) is 35.9 Å². The maximum atomic E-state index is 13.4. The number of likely N-dealkylation sites (tertiary alicyclic amines) is 1. The average molecular weight is 413 g/mol. The van der Waals surface area contributed by atoms with Crippen molar-refractivity contribution in [1.82, 2.24) is 10.2 Å². The molecule has 1 aromatic carbocycles. The Balaban J connectivity index is 1.33. The maximum Gasteiger partial charge on any atom is 0.257 e. The number of aliphatic hydroxyl groups is 1. The van der Waals surface area contributed by atoms with Crippen LogP contribution in [0.3, 0.4) is 0 Å². The SMILES string of the molecule is C[C@@H]1CCC[C@@H](CN2CCC(NC(=O)C(O)(c3ccccc3)C3CCCC3)CC2)C1. The van der Waals surface area contributed by atoms with Gasteiger partial charge in [-0.05, 0) is 55.9 Å². The quantitative estimate of drug-likeness (QED) is 0.725. The maximum absolute atomic E-state index is 13.4. The Morgan fingerprint density at radius 3 is 2.40 bits per heavy atom. The van der Waals surface area contributed by atoms with Crippen LogP contribution < -0.4 is 5.32 Å². The van der Waals surface area contributed by atoms with Crippen LogP contribution >= 0.6 is 0 Å². The zero-order chi connectivity index (χ0) is 21.0. The second-order valence-corrected chi connectivity index (χ2v) is 10.3. The van der Waals surface area contributed by atoms with Crippen LogP contribution in [0.25, 0.3) is 0 Å². The van der Waals surface area contributed by atoms with Crippen LogP contribution in [-0.2, 0) is 10.4 Å². The summed E-state index contributed by atoms with van der Waals surface area (Å²) in [6.45, 7) is 5.74. The second kappa shape index (κ2) is 9.82. The van der Waals surface area contributed by atoms with Gasteiger partial charge in [0.25, 0.3) is 5.91 Å². The number of rotatable bonds is 6. The third-order valence-corrected chi connectivity index (χ3v) is 7.99. The Morgan fingerprint density at radius 1 is 1.03 bits per heavy atom. The molecule has 1 saturated heterocycles. The van der Waals surface area contributed by atoms with E-state index < -0.39 is 5.60 Å². The molecule has 2 N–H and O–H groups in total. The molecule has 0 aromatic heterocycles. The Hall–Kier alpha value is -1.39. The van der Waals surface area contributed by atoms with Gasteiger partial charge in [0.2, 0.25) is 0 Å². The molecule has 1 aliphatic heterocycles. The Labute approximate surface area is 182 Å². The molecule has 0 bridgehead atoms. The highest BCUT2D eigenvalue weighted by molar-refractivity contribution is 5.87. The molecule has 4 nitrogen and oxygen atoms in total. The minimum atomic E-state index is -1.40. The highest BCUT2D eigenvalue weighted by Gasteiger charge is 2.46. The monoisotopic (exact) mass is 412 g/mol. The van der Waals surface area contributed by atoms with Crippen LogP contribution in [0, 0.1) is 17.8 Å². The van der Waals surface area contributed by atoms with E-state index in [1.807, 2.05) is 30.3 Å². The summed E-state index contributed by atoms with van der Waals surface area (Å²) in [6, 6.07) is 9.78. The highest BCUT2D eigenvalue weighted by Crippen LogP contribution is 2.41. The number of hydrogen-bond acceptors (Lipinski definition) is 3. The molecule has 0 spiro atoms. The number of piperidine rings is 1. The molecule has 166 valence electrons. The van der Waals surface area contributed by atoms with Crippen molar-refractivity contribution in [3.8, 4) is 0 Å². The first kappa shape index (κ1) is 21.8. The fourth-order valence-electron chi connectivity index (χ4n) is 6.23. The summed E-state index contributed by atoms with van der Waals surface area (Å²) in [7, 11) is 0. The Kier molecular flexibility index (Phi) is 7.15. The van der Waals surface area contributed by atoms with Crippen LogP contribution in [0.1, 0.15) is 76.7 Å². The summed E-state index contributed by atoms with van der Waals surface area (Å²) < 4.78 is 0. The predicted molar refractivity (Wildman–Crippen MR) is 121 cm³/mol. The smallest absolute Gasteiger partial charge is 0.257 e. The molecule has 1 unspecified atom stereocenters. The van der Waals surface area contributed by atoms with Crippen LogP contribution in [0.4, 0.5) is 0 Å². The number of carbonyl (C=O) groups is 1. The summed E-state index contributed by atoms with van der Waals surface area (Å²) in [5.41, 5.74) is -0.647. The molecular weight excluding hydrogens is 372 g/mol. The van der Waals surface area contributed by atoms with Crippen molar-refractivity contribution in [2.45, 2.75) is 82.8 Å². The minimum absolute atomic E-state index is 0.0216. The first-order chi connectivity index (χ1) is 14.6. The van der Waals surface area contributed by atoms with E-state index in [1.54, 1.807) is 0 Å². The lowest BCUT2D eigenvalue weighted by atomic mass is 9.79. The molecule has 1 heterocycles. The summed E-state index contributed by atoms with van der Waals surface area (Å²) in [5.74, 6) is 1.57. The number of nitrogens with zero attached hydrogens (tertiary/aromatic N) is 1. The van der Waals surface area contributed by atoms with Gasteiger partial charge in [-0.1, -0.05) is 62.9 Å². The van der Waals surface area contributed by atoms with E-state index in [4.69, 9.17) is 0 Å². The van der Waals surface area contributed by atoms with Gasteiger partial charge in [-0.15, -0.1) is 0 Å². The van der Waals surface area contributed by atoms with Gasteiger partial charge in [-0.2, -0.15) is 0 Å². The van der Waals surface area contributed by atoms with E-state index in [9.17, 15) is 9.90 Å². The van der Waals surface area contributed by atoms with E-state index in [1.165, 1.54) is 32.2 Å². The van der Waals surface area contributed by atoms with Crippen LogP contribution in [-0.4, -0.2) is 41.6 Å². The standard InChI is InChI=1S/C26H40N2O2/c1-20-8-7-9-21(18-20)19-28-16-14-24(15-17-28)27-25(29)26(30,23-12-5-6-13-23)22-10-3-2-4-11-22/h2-4,10-11,20-21,23-24,30H,5-9,12-19H2,1H3,(H,27,29)/t20-,21-,26?/m1/s1. The zero-order valence-corrected chi connectivity index (χ0v) is 18.7. The van der Waals surface area contributed by atoms with Crippen molar-refractivity contribution >= 4 is 5.91 Å². The molecule has 1 amide bonds. The normalized spacial score (nSPS) is 28.9. The van der Waals surface area contributed by atoms with Gasteiger partial charge in [0.1, 0.15) is 0 Å². The van der Waals surface area contributed by atoms with E-state index in [0.717, 1.165) is 69.0 Å². The summed E-state index contributed by atoms with van der Waals surface area (Å²) in [4.78, 5) is 16.0. The molecule has 4 heteroatoms. The van der Waals surface area contributed by atoms with Crippen LogP contribution in [0.15, 0.2) is 30.3 Å². The molecular formula is C26H40N2O2. The van der Waals surface area contributed by atoms with Crippen molar-refractivity contribution in [1.29, 1.82) is 0 Å². The summed E-state index contributed by atoms with van der Waals surface area (Å²) in [6.07, 6.45) is 11.6. The first-order valence-corrected chi connectivity index (χ1v) is 12.4. The molecule has 3 atom stereocenters. The van der Waals surface area contributed by atoms with Crippen molar-refractivity contribution in [3.63, 3.8) is 0 Å². The fraction of sp³-hybridized carbons (Fsp3) is 0.731. The van der Waals surface area contributed by atoms with Crippen molar-refractivity contribution in [2.24, 2.45) is 17.8 Å². The number of benzene rings is 1. The van der Waals surface area contributed by atoms with E-state index in [-0.39, 0.29) is 17.9 Å². The fourth-order valence-corrected chi connectivity index (χ4v) is 6.23. The van der Waals surface area contributed by atoms with Gasteiger partial charge < -0.3 is 15.3 Å². The lowest BCUT2D eigenvalue weighted by Crippen LogP contribution is -2.54. The molecule has 3 fully saturated rings. The lowest BCUT2D eigenvalue weighted by Gasteiger charge is -2.39. The van der Waals surface area contributed by atoms with E-state index in [0.29, 0.717) is 0 Å². The Bertz CT molecular complexity index is 680. The zero-order valence-electron chi connectivity index (χ0n) is 18.7. The van der Waals surface area contributed by atoms with E-state index >= 15 is 0 Å². The predicted octanol–water partition coefficient (Wildman–Crippen LogP) is 4.47. The molecule has 3 aliphatic rings. The number of carbonyl (C=O) groups excluding carboxylic acids is 1. The topological polar surface area (TPSA) is 52.6 Å². The highest BCUT2D eigenvalue weighted by atomic mass is 16.3. The van der Waals surface area contributed by atoms with Gasteiger partial charge >= 0.3 is 0 Å². The number of nitrogens with one attached hydrogen (secondary N) is 1. The Morgan fingerprint density at radius 2 is 1.73 bits per heavy atom. The molecule has 1 aromatic rings. The minimum Gasteiger partial charge on any atom is -0.375 e. The molecule has 2 saturated carbocycles. The van der Waals surface area contributed by atoms with E-state index in [2.05, 4.69) is 17.1 Å². The summed E-state index contributed by atoms with van der Waals surface area (Å²) in [5, 5.41) is 14.9. The average Bonchev–Trinajstić information content (AvgIpc) is 3.31. The third kappa shape index (κ3) is 4.91. The van der Waals surface area contributed by atoms with Gasteiger partial charge in [-0.3, -0.25) is 4.79 Å². The second-order valence-electron chi connectivity index (χ2n) is 10.3. The van der Waals surface area contributed by atoms with Gasteiger partial charge in [-0.25, -0.2) is 0 Å². The van der Waals surface area contributed by atoms with Gasteiger partial charge in [0.05, 0.1) is 0 Å². The van der Waals surface area contributed by atoms with Crippen molar-refractivity contribution in [2.75, 3.05) is 19.6 Å². The van der Waals surface area contributed by atoms with Crippen molar-refractivity contribution < 1.29 is 9.90 Å².